The van der Waals surface area contributed by atoms with E-state index in [4.69, 9.17) is 19.3 Å². The molecule has 1 aliphatic rings. The van der Waals surface area contributed by atoms with Crippen molar-refractivity contribution in [3.8, 4) is 23.1 Å². The third-order valence-corrected chi connectivity index (χ3v) is 5.36. The van der Waals surface area contributed by atoms with E-state index in [2.05, 4.69) is 0 Å². The molecule has 1 aromatic heterocycles. The number of morpholine rings is 1. The van der Waals surface area contributed by atoms with Gasteiger partial charge in [-0.3, -0.25) is 4.79 Å². The Bertz CT molecular complexity index is 1010. The maximum Gasteiger partial charge on any atom is 0.226 e. The van der Waals surface area contributed by atoms with Crippen molar-refractivity contribution >= 4 is 5.91 Å². The van der Waals surface area contributed by atoms with E-state index in [1.165, 1.54) is 0 Å². The molecular formula is C24H27N3O4. The lowest BCUT2D eigenvalue weighted by molar-refractivity contribution is -0.135. The van der Waals surface area contributed by atoms with Gasteiger partial charge in [-0.15, -0.1) is 0 Å². The van der Waals surface area contributed by atoms with Gasteiger partial charge in [0.1, 0.15) is 11.5 Å². The summed E-state index contributed by atoms with van der Waals surface area (Å²) in [6.45, 7) is 4.45. The molecule has 0 radical (unpaired) electrons. The van der Waals surface area contributed by atoms with Crippen LogP contribution in [0.2, 0.25) is 0 Å². The first-order valence-electron chi connectivity index (χ1n) is 10.5. The van der Waals surface area contributed by atoms with Crippen LogP contribution < -0.4 is 9.47 Å². The van der Waals surface area contributed by atoms with Crippen LogP contribution >= 0.6 is 0 Å². The minimum Gasteiger partial charge on any atom is -0.497 e. The fourth-order valence-electron chi connectivity index (χ4n) is 3.63. The van der Waals surface area contributed by atoms with Crippen molar-refractivity contribution in [2.24, 2.45) is 0 Å². The zero-order chi connectivity index (χ0) is 21.6. The van der Waals surface area contributed by atoms with Gasteiger partial charge in [-0.1, -0.05) is 18.2 Å². The van der Waals surface area contributed by atoms with Crippen molar-refractivity contribution in [3.05, 3.63) is 65.9 Å². The van der Waals surface area contributed by atoms with Crippen molar-refractivity contribution in [2.45, 2.75) is 19.8 Å². The van der Waals surface area contributed by atoms with Crippen LogP contribution in [-0.4, -0.2) is 54.0 Å². The van der Waals surface area contributed by atoms with Gasteiger partial charge in [-0.05, 0) is 49.7 Å². The highest BCUT2D eigenvalue weighted by atomic mass is 16.5. The topological polar surface area (TPSA) is 65.8 Å². The van der Waals surface area contributed by atoms with Crippen molar-refractivity contribution in [1.29, 1.82) is 0 Å². The second-order valence-corrected chi connectivity index (χ2v) is 7.39. The van der Waals surface area contributed by atoms with Crippen molar-refractivity contribution in [1.82, 2.24) is 14.7 Å². The summed E-state index contributed by atoms with van der Waals surface area (Å²) in [5.41, 5.74) is 2.64. The number of carbonyl (C=O) groups is 1. The number of aromatic nitrogens is 2. The Labute approximate surface area is 182 Å². The predicted molar refractivity (Wildman–Crippen MR) is 117 cm³/mol. The fraction of sp³-hybridized carbons (Fsp3) is 0.333. The van der Waals surface area contributed by atoms with Gasteiger partial charge in [0.25, 0.3) is 0 Å². The zero-order valence-electron chi connectivity index (χ0n) is 17.9. The molecule has 0 saturated carbocycles. The van der Waals surface area contributed by atoms with Gasteiger partial charge in [0.15, 0.2) is 0 Å². The molecule has 0 atom stereocenters. The quantitative estimate of drug-likeness (QED) is 0.581. The van der Waals surface area contributed by atoms with Gasteiger partial charge in [-0.2, -0.15) is 5.10 Å². The van der Waals surface area contributed by atoms with Gasteiger partial charge >= 0.3 is 0 Å². The molecule has 1 amide bonds. The van der Waals surface area contributed by atoms with E-state index < -0.39 is 0 Å². The van der Waals surface area contributed by atoms with Gasteiger partial charge in [0.2, 0.25) is 11.8 Å². The Hall–Kier alpha value is -3.32. The van der Waals surface area contributed by atoms with E-state index in [0.29, 0.717) is 45.0 Å². The largest absolute Gasteiger partial charge is 0.497 e. The van der Waals surface area contributed by atoms with Crippen LogP contribution in [-0.2, 0) is 16.0 Å². The van der Waals surface area contributed by atoms with E-state index in [9.17, 15) is 4.79 Å². The number of methoxy groups -OCH3 is 1. The average molecular weight is 421 g/mol. The second-order valence-electron chi connectivity index (χ2n) is 7.39. The summed E-state index contributed by atoms with van der Waals surface area (Å²) in [6, 6.07) is 17.3. The number of amides is 1. The molecule has 0 bridgehead atoms. The number of aryl methyl sites for hydroxylation is 1. The summed E-state index contributed by atoms with van der Waals surface area (Å²) in [4.78, 5) is 14.6. The van der Waals surface area contributed by atoms with E-state index in [1.54, 1.807) is 11.8 Å². The summed E-state index contributed by atoms with van der Waals surface area (Å²) >= 11 is 0. The first-order chi connectivity index (χ1) is 15.2. The average Bonchev–Trinajstić information content (AvgIpc) is 3.13. The lowest BCUT2D eigenvalue weighted by Gasteiger charge is -2.26. The molecule has 3 aromatic rings. The molecule has 0 N–H and O–H groups in total. The first kappa shape index (κ1) is 20.9. The van der Waals surface area contributed by atoms with Gasteiger partial charge < -0.3 is 19.1 Å². The lowest BCUT2D eigenvalue weighted by atomic mass is 10.1. The molecule has 7 nitrogen and oxygen atoms in total. The van der Waals surface area contributed by atoms with E-state index >= 15 is 0 Å². The minimum atomic E-state index is 0.130. The van der Waals surface area contributed by atoms with Crippen LogP contribution in [0.15, 0.2) is 54.6 Å². The molecule has 2 aromatic carbocycles. The van der Waals surface area contributed by atoms with Gasteiger partial charge in [0.05, 0.1) is 31.7 Å². The van der Waals surface area contributed by atoms with Crippen LogP contribution in [0.3, 0.4) is 0 Å². The Morgan fingerprint density at radius 1 is 1.03 bits per heavy atom. The highest BCUT2D eigenvalue weighted by molar-refractivity contribution is 5.76. The standard InChI is InChI=1S/C24H27N3O4/c1-18-22(12-13-23(28)26-14-16-30-17-15-26)24(31-21-6-4-3-5-7-21)27(25-18)19-8-10-20(29-2)11-9-19/h3-11H,12-17H2,1-2H3. The van der Waals surface area contributed by atoms with E-state index in [0.717, 1.165) is 28.4 Å². The Morgan fingerprint density at radius 2 is 1.74 bits per heavy atom. The van der Waals surface area contributed by atoms with Crippen LogP contribution in [0, 0.1) is 6.92 Å². The maximum absolute atomic E-state index is 12.7. The predicted octanol–water partition coefficient (Wildman–Crippen LogP) is 3.77. The highest BCUT2D eigenvalue weighted by Gasteiger charge is 2.22. The molecular weight excluding hydrogens is 394 g/mol. The molecule has 1 saturated heterocycles. The smallest absolute Gasteiger partial charge is 0.226 e. The van der Waals surface area contributed by atoms with E-state index in [-0.39, 0.29) is 5.91 Å². The summed E-state index contributed by atoms with van der Waals surface area (Å²) in [5.74, 6) is 2.25. The number of hydrogen-bond donors (Lipinski definition) is 0. The van der Waals surface area contributed by atoms with Crippen molar-refractivity contribution in [2.75, 3.05) is 33.4 Å². The molecule has 1 aliphatic heterocycles. The summed E-state index contributed by atoms with van der Waals surface area (Å²) in [7, 11) is 1.64. The first-order valence-corrected chi connectivity index (χ1v) is 10.5. The van der Waals surface area contributed by atoms with Gasteiger partial charge in [0, 0.05) is 25.1 Å². The number of benzene rings is 2. The highest BCUT2D eigenvalue weighted by Crippen LogP contribution is 2.32. The van der Waals surface area contributed by atoms with Crippen molar-refractivity contribution in [3.63, 3.8) is 0 Å². The molecule has 0 aliphatic carbocycles. The minimum absolute atomic E-state index is 0.130. The molecule has 7 heteroatoms. The third-order valence-electron chi connectivity index (χ3n) is 5.36. The van der Waals surface area contributed by atoms with E-state index in [1.807, 2.05) is 66.4 Å². The number of ether oxygens (including phenoxy) is 3. The van der Waals surface area contributed by atoms with Crippen molar-refractivity contribution < 1.29 is 19.0 Å². The third kappa shape index (κ3) is 4.88. The number of rotatable bonds is 7. The number of hydrogen-bond acceptors (Lipinski definition) is 5. The lowest BCUT2D eigenvalue weighted by Crippen LogP contribution is -2.40. The zero-order valence-corrected chi connectivity index (χ0v) is 17.9. The Morgan fingerprint density at radius 3 is 2.42 bits per heavy atom. The number of nitrogens with zero attached hydrogens (tertiary/aromatic N) is 3. The van der Waals surface area contributed by atoms with Crippen LogP contribution in [0.25, 0.3) is 5.69 Å². The summed E-state index contributed by atoms with van der Waals surface area (Å²) < 4.78 is 18.7. The van der Waals surface area contributed by atoms with Crippen LogP contribution in [0.1, 0.15) is 17.7 Å². The summed E-state index contributed by atoms with van der Waals surface area (Å²) in [6.07, 6.45) is 0.959. The fourth-order valence-corrected chi connectivity index (χ4v) is 3.63. The molecule has 31 heavy (non-hydrogen) atoms. The molecule has 0 spiro atoms. The van der Waals surface area contributed by atoms with Crippen LogP contribution in [0.5, 0.6) is 17.4 Å². The van der Waals surface area contributed by atoms with Crippen LogP contribution in [0.4, 0.5) is 0 Å². The molecule has 1 fully saturated rings. The molecule has 162 valence electrons. The van der Waals surface area contributed by atoms with Gasteiger partial charge in [-0.25, -0.2) is 4.68 Å². The second kappa shape index (κ2) is 9.66. The normalized spacial score (nSPS) is 13.8. The maximum atomic E-state index is 12.7. The molecule has 0 unspecified atom stereocenters. The number of para-hydroxylation sites is 1. The Balaban J connectivity index is 1.62. The molecule has 2 heterocycles. The summed E-state index contributed by atoms with van der Waals surface area (Å²) in [5, 5.41) is 4.73. The SMILES string of the molecule is COc1ccc(-n2nc(C)c(CCC(=O)N3CCOCC3)c2Oc2ccccc2)cc1. The Kier molecular flexibility index (Phi) is 6.52. The molecule has 4 rings (SSSR count). The monoisotopic (exact) mass is 421 g/mol. The number of carbonyl (C=O) groups excluding carboxylic acids is 1.